The summed E-state index contributed by atoms with van der Waals surface area (Å²) in [5, 5.41) is 9.90. The fourth-order valence-corrected chi connectivity index (χ4v) is 4.41. The molecule has 2 bridgehead atoms. The van der Waals surface area contributed by atoms with Crippen LogP contribution in [0.25, 0.3) is 0 Å². The number of hydrogen-bond acceptors (Lipinski definition) is 5. The van der Waals surface area contributed by atoms with E-state index in [9.17, 15) is 14.7 Å². The molecule has 0 unspecified atom stereocenters. The minimum atomic E-state index is -0.566. The van der Waals surface area contributed by atoms with Gasteiger partial charge >= 0.3 is 6.09 Å². The highest BCUT2D eigenvalue weighted by Gasteiger charge is 2.67. The van der Waals surface area contributed by atoms with Crippen LogP contribution < -0.4 is 10.3 Å². The van der Waals surface area contributed by atoms with Crippen molar-refractivity contribution < 1.29 is 19.4 Å². The molecule has 0 atom stereocenters. The lowest BCUT2D eigenvalue weighted by Gasteiger charge is -2.45. The molecule has 1 amide bonds. The summed E-state index contributed by atoms with van der Waals surface area (Å²) in [5.74, 6) is 0.518. The second kappa shape index (κ2) is 6.98. The number of carbonyl (C=O) groups excluding carboxylic acids is 1. The van der Waals surface area contributed by atoms with Gasteiger partial charge in [0.1, 0.15) is 12.4 Å². The number of nitrogens with zero attached hydrogens (tertiary/aromatic N) is 2. The third-order valence-electron chi connectivity index (χ3n) is 5.81. The summed E-state index contributed by atoms with van der Waals surface area (Å²) in [4.78, 5) is 26.0. The van der Waals surface area contributed by atoms with Gasteiger partial charge in [0.2, 0.25) is 0 Å². The van der Waals surface area contributed by atoms with Gasteiger partial charge in [-0.3, -0.25) is 9.69 Å². The topological polar surface area (TPSA) is 81.0 Å². The van der Waals surface area contributed by atoms with E-state index in [0.29, 0.717) is 31.7 Å². The first-order valence-corrected chi connectivity index (χ1v) is 9.34. The first-order valence-electron chi connectivity index (χ1n) is 9.34. The van der Waals surface area contributed by atoms with Crippen LogP contribution in [0, 0.1) is 5.41 Å². The lowest BCUT2D eigenvalue weighted by atomic mass is 9.62. The summed E-state index contributed by atoms with van der Waals surface area (Å²) in [6, 6.07) is 12.7. The quantitative estimate of drug-likeness (QED) is 0.823. The fourth-order valence-electron chi connectivity index (χ4n) is 4.41. The van der Waals surface area contributed by atoms with Crippen LogP contribution in [0.4, 0.5) is 4.79 Å². The van der Waals surface area contributed by atoms with Gasteiger partial charge in [-0.25, -0.2) is 4.79 Å². The van der Waals surface area contributed by atoms with Crippen molar-refractivity contribution in [1.82, 2.24) is 9.47 Å². The standard InChI is InChI=1S/C21H24N2O5/c1-22-8-7-17(9-18(22)25)28-15-20-11-21(12-20,14-24)23(13-20)19(26)27-10-16-5-3-2-4-6-16/h2-9,24H,10-15H2,1H3. The zero-order valence-corrected chi connectivity index (χ0v) is 15.8. The van der Waals surface area contributed by atoms with Gasteiger partial charge in [-0.2, -0.15) is 0 Å². The van der Waals surface area contributed by atoms with E-state index in [1.54, 1.807) is 24.2 Å². The van der Waals surface area contributed by atoms with Gasteiger partial charge in [-0.15, -0.1) is 0 Å². The summed E-state index contributed by atoms with van der Waals surface area (Å²) < 4.78 is 12.8. The monoisotopic (exact) mass is 384 g/mol. The Morgan fingerprint density at radius 2 is 1.96 bits per heavy atom. The van der Waals surface area contributed by atoms with E-state index in [1.165, 1.54) is 10.6 Å². The summed E-state index contributed by atoms with van der Waals surface area (Å²) in [7, 11) is 1.68. The van der Waals surface area contributed by atoms with Gasteiger partial charge in [0.25, 0.3) is 5.56 Å². The Hall–Kier alpha value is -2.80. The fraction of sp³-hybridized carbons (Fsp3) is 0.429. The van der Waals surface area contributed by atoms with Gasteiger partial charge in [0.05, 0.1) is 18.8 Å². The van der Waals surface area contributed by atoms with Crippen molar-refractivity contribution in [2.24, 2.45) is 12.5 Å². The van der Waals surface area contributed by atoms with Crippen molar-refractivity contribution in [3.63, 3.8) is 0 Å². The van der Waals surface area contributed by atoms with E-state index in [1.807, 2.05) is 30.3 Å². The number of aromatic nitrogens is 1. The van der Waals surface area contributed by atoms with Gasteiger partial charge in [-0.1, -0.05) is 30.3 Å². The number of pyridine rings is 1. The molecule has 7 heteroatoms. The zero-order valence-electron chi connectivity index (χ0n) is 15.8. The molecular weight excluding hydrogens is 360 g/mol. The van der Waals surface area contributed by atoms with E-state index in [-0.39, 0.29) is 24.2 Å². The van der Waals surface area contributed by atoms with E-state index in [4.69, 9.17) is 9.47 Å². The summed E-state index contributed by atoms with van der Waals surface area (Å²) in [5.41, 5.74) is 0.00879. The number of ether oxygens (including phenoxy) is 2. The van der Waals surface area contributed by atoms with Crippen molar-refractivity contribution in [2.45, 2.75) is 25.0 Å². The van der Waals surface area contributed by atoms with Crippen LogP contribution >= 0.6 is 0 Å². The molecule has 3 heterocycles. The van der Waals surface area contributed by atoms with Gasteiger partial charge in [-0.05, 0) is 24.5 Å². The predicted octanol–water partition coefficient (Wildman–Crippen LogP) is 1.93. The van der Waals surface area contributed by atoms with Crippen LogP contribution in [0.3, 0.4) is 0 Å². The molecule has 148 valence electrons. The molecule has 0 spiro atoms. The highest BCUT2D eigenvalue weighted by atomic mass is 16.6. The third-order valence-corrected chi connectivity index (χ3v) is 5.81. The SMILES string of the molecule is Cn1ccc(OCC23CN(C(=O)OCc4ccccc4)C(CO)(C2)C3)cc1=O. The minimum absolute atomic E-state index is 0.0962. The summed E-state index contributed by atoms with van der Waals surface area (Å²) >= 11 is 0. The molecule has 2 aromatic rings. The highest BCUT2D eigenvalue weighted by Crippen LogP contribution is 2.59. The molecule has 3 fully saturated rings. The maximum atomic E-state index is 12.6. The zero-order chi connectivity index (χ0) is 19.8. The van der Waals surface area contributed by atoms with Crippen molar-refractivity contribution in [3.8, 4) is 5.75 Å². The molecule has 5 rings (SSSR count). The molecule has 1 aromatic carbocycles. The van der Waals surface area contributed by atoms with Crippen molar-refractivity contribution in [3.05, 3.63) is 64.6 Å². The number of aryl methyl sites for hydroxylation is 1. The molecule has 1 saturated carbocycles. The molecule has 2 aliphatic heterocycles. The van der Waals surface area contributed by atoms with Crippen molar-refractivity contribution in [1.29, 1.82) is 0 Å². The minimum Gasteiger partial charge on any atom is -0.493 e. The number of amides is 1. The van der Waals surface area contributed by atoms with Crippen molar-refractivity contribution in [2.75, 3.05) is 19.8 Å². The first-order chi connectivity index (χ1) is 13.5. The molecule has 1 aliphatic carbocycles. The van der Waals surface area contributed by atoms with E-state index in [2.05, 4.69) is 0 Å². The Bertz CT molecular complexity index is 918. The molecule has 1 aromatic heterocycles. The van der Waals surface area contributed by atoms with Crippen LogP contribution in [0.5, 0.6) is 5.75 Å². The van der Waals surface area contributed by atoms with Crippen LogP contribution in [-0.4, -0.2) is 46.0 Å². The lowest BCUT2D eigenvalue weighted by Crippen LogP contribution is -2.54. The normalized spacial score (nSPS) is 25.3. The van der Waals surface area contributed by atoms with E-state index in [0.717, 1.165) is 5.56 Å². The average Bonchev–Trinajstić information content (AvgIpc) is 3.19. The highest BCUT2D eigenvalue weighted by molar-refractivity contribution is 5.70. The van der Waals surface area contributed by atoms with Gasteiger partial charge < -0.3 is 19.1 Å². The van der Waals surface area contributed by atoms with Crippen LogP contribution in [0.2, 0.25) is 0 Å². The summed E-state index contributed by atoms with van der Waals surface area (Å²) in [6.07, 6.45) is 2.59. The number of benzene rings is 1. The number of hydrogen-bond donors (Lipinski definition) is 1. The Morgan fingerprint density at radius 1 is 1.21 bits per heavy atom. The molecule has 2 saturated heterocycles. The largest absolute Gasteiger partial charge is 0.493 e. The van der Waals surface area contributed by atoms with Gasteiger partial charge in [0, 0.05) is 31.3 Å². The van der Waals surface area contributed by atoms with Crippen molar-refractivity contribution >= 4 is 6.09 Å². The van der Waals surface area contributed by atoms with E-state index < -0.39 is 11.6 Å². The molecule has 3 aliphatic rings. The maximum absolute atomic E-state index is 12.6. The molecular formula is C21H24N2O5. The van der Waals surface area contributed by atoms with Gasteiger partial charge in [0.15, 0.2) is 0 Å². The Morgan fingerprint density at radius 3 is 2.64 bits per heavy atom. The number of fused-ring (bicyclic) bond motifs is 1. The summed E-state index contributed by atoms with van der Waals surface area (Å²) in [6.45, 7) is 0.978. The second-order valence-electron chi connectivity index (χ2n) is 7.96. The molecule has 1 N–H and O–H groups in total. The smallest absolute Gasteiger partial charge is 0.410 e. The average molecular weight is 384 g/mol. The maximum Gasteiger partial charge on any atom is 0.410 e. The molecule has 28 heavy (non-hydrogen) atoms. The van der Waals surface area contributed by atoms with Crippen LogP contribution in [-0.2, 0) is 18.4 Å². The number of aliphatic hydroxyl groups excluding tert-OH is 1. The Kier molecular flexibility index (Phi) is 4.63. The molecule has 7 nitrogen and oxygen atoms in total. The number of carbonyl (C=O) groups is 1. The second-order valence-corrected chi connectivity index (χ2v) is 7.96. The predicted molar refractivity (Wildman–Crippen MR) is 102 cm³/mol. The van der Waals surface area contributed by atoms with Crippen LogP contribution in [0.15, 0.2) is 53.5 Å². The molecule has 0 radical (unpaired) electrons. The third kappa shape index (κ3) is 3.26. The lowest BCUT2D eigenvalue weighted by molar-refractivity contribution is -0.0129. The number of rotatable bonds is 6. The number of aliphatic hydroxyl groups is 1. The first kappa shape index (κ1) is 18.6. The Balaban J connectivity index is 1.38. The van der Waals surface area contributed by atoms with Crippen LogP contribution in [0.1, 0.15) is 18.4 Å². The van der Waals surface area contributed by atoms with E-state index >= 15 is 0 Å². The Labute approximate surface area is 163 Å².